The fourth-order valence-electron chi connectivity index (χ4n) is 4.89. The number of hydrogen-bond acceptors (Lipinski definition) is 2. The lowest BCUT2D eigenvalue weighted by Gasteiger charge is -2.33. The zero-order valence-corrected chi connectivity index (χ0v) is 20.1. The van der Waals surface area contributed by atoms with Crippen LogP contribution in [0.2, 0.25) is 0 Å². The molecular weight excluding hydrogens is 396 g/mol. The Hall–Kier alpha value is -2.46. The lowest BCUT2D eigenvalue weighted by molar-refractivity contribution is 0.208. The number of hydrogen-bond donors (Lipinski definition) is 0. The van der Waals surface area contributed by atoms with Crippen LogP contribution in [0.3, 0.4) is 0 Å². The van der Waals surface area contributed by atoms with Crippen LogP contribution >= 0.6 is 0 Å². The number of fused-ring (bicyclic) bond motifs is 2. The third kappa shape index (κ3) is 3.71. The van der Waals surface area contributed by atoms with E-state index in [1.54, 1.807) is 0 Å². The average molecular weight is 429 g/mol. The van der Waals surface area contributed by atoms with Crippen LogP contribution in [0.25, 0.3) is 22.3 Å². The standard InChI is InChI=1S/C28H32O2Si/c1-5-21-19-23-15-11-9-13-17-25(23)27(21)31(29-7-3,30-8-4)28-22(6-2)20-24-16-12-10-14-18-26(24)28/h9-20H,5-8H2,1-4H3. The van der Waals surface area contributed by atoms with Crippen molar-refractivity contribution in [1.82, 2.24) is 0 Å². The maximum atomic E-state index is 6.84. The van der Waals surface area contributed by atoms with Crippen LogP contribution in [-0.2, 0) is 21.7 Å². The molecule has 0 unspecified atom stereocenters. The first kappa shape index (κ1) is 21.8. The molecule has 0 amide bonds. The predicted molar refractivity (Wildman–Crippen MR) is 133 cm³/mol. The molecule has 3 heteroatoms. The average Bonchev–Trinajstić information content (AvgIpc) is 3.10. The van der Waals surface area contributed by atoms with Crippen LogP contribution in [0.5, 0.6) is 0 Å². The van der Waals surface area contributed by atoms with E-state index in [4.69, 9.17) is 8.85 Å². The summed E-state index contributed by atoms with van der Waals surface area (Å²) in [5.41, 5.74) is 7.71. The van der Waals surface area contributed by atoms with Crippen LogP contribution in [0, 0.1) is 0 Å². The minimum atomic E-state index is -2.98. The van der Waals surface area contributed by atoms with Crippen molar-refractivity contribution in [2.75, 3.05) is 13.2 Å². The lowest BCUT2D eigenvalue weighted by atomic mass is 10.2. The minimum Gasteiger partial charge on any atom is -0.388 e. The molecule has 0 saturated heterocycles. The van der Waals surface area contributed by atoms with E-state index < -0.39 is 8.56 Å². The van der Waals surface area contributed by atoms with E-state index in [0.29, 0.717) is 13.2 Å². The van der Waals surface area contributed by atoms with Gasteiger partial charge >= 0.3 is 8.56 Å². The summed E-state index contributed by atoms with van der Waals surface area (Å²) in [6, 6.07) is 26.2. The van der Waals surface area contributed by atoms with Gasteiger partial charge in [-0.3, -0.25) is 0 Å². The molecule has 160 valence electrons. The molecule has 0 aliphatic heterocycles. The van der Waals surface area contributed by atoms with Crippen LogP contribution in [0.4, 0.5) is 0 Å². The molecule has 31 heavy (non-hydrogen) atoms. The molecule has 0 saturated carbocycles. The Morgan fingerprint density at radius 3 is 1.39 bits per heavy atom. The molecule has 0 N–H and O–H groups in total. The van der Waals surface area contributed by atoms with Crippen LogP contribution < -0.4 is 10.4 Å². The van der Waals surface area contributed by atoms with E-state index in [1.165, 1.54) is 43.8 Å². The number of rotatable bonds is 8. The Kier molecular flexibility index (Phi) is 6.56. The van der Waals surface area contributed by atoms with Gasteiger partial charge in [-0.2, -0.15) is 0 Å². The first-order valence-electron chi connectivity index (χ1n) is 11.5. The summed E-state index contributed by atoms with van der Waals surface area (Å²) >= 11 is 0. The summed E-state index contributed by atoms with van der Waals surface area (Å²) in [6.45, 7) is 9.89. The molecule has 0 aromatic carbocycles. The Balaban J connectivity index is 2.12. The van der Waals surface area contributed by atoms with Crippen LogP contribution in [0.1, 0.15) is 38.8 Å². The van der Waals surface area contributed by atoms with E-state index in [1.807, 2.05) is 0 Å². The van der Waals surface area contributed by atoms with E-state index in [-0.39, 0.29) is 0 Å². The molecule has 0 bridgehead atoms. The highest BCUT2D eigenvalue weighted by Crippen LogP contribution is 2.33. The Labute approximate surface area is 187 Å². The predicted octanol–water partition coefficient (Wildman–Crippen LogP) is 5.65. The summed E-state index contributed by atoms with van der Waals surface area (Å²) in [6.07, 6.45) is 1.91. The highest BCUT2D eigenvalue weighted by Gasteiger charge is 2.49. The fourth-order valence-corrected chi connectivity index (χ4v) is 9.12. The quantitative estimate of drug-likeness (QED) is 0.338. The topological polar surface area (TPSA) is 18.5 Å². The molecular formula is C28H32O2Si. The van der Waals surface area contributed by atoms with Gasteiger partial charge in [0.2, 0.25) is 0 Å². The fraction of sp³-hybridized carbons (Fsp3) is 0.286. The van der Waals surface area contributed by atoms with Crippen molar-refractivity contribution in [3.8, 4) is 22.3 Å². The second kappa shape index (κ2) is 9.35. The van der Waals surface area contributed by atoms with Crippen molar-refractivity contribution in [3.63, 3.8) is 0 Å². The van der Waals surface area contributed by atoms with Gasteiger partial charge in [-0.15, -0.1) is 0 Å². The molecule has 2 nitrogen and oxygen atoms in total. The van der Waals surface area contributed by atoms with Crippen LogP contribution in [-0.4, -0.2) is 21.8 Å². The highest BCUT2D eigenvalue weighted by atomic mass is 28.4. The van der Waals surface area contributed by atoms with E-state index in [9.17, 15) is 0 Å². The van der Waals surface area contributed by atoms with Crippen molar-refractivity contribution in [3.05, 3.63) is 83.9 Å². The molecule has 0 spiro atoms. The van der Waals surface area contributed by atoms with Gasteiger partial charge in [-0.1, -0.05) is 86.6 Å². The lowest BCUT2D eigenvalue weighted by Crippen LogP contribution is -2.65. The maximum Gasteiger partial charge on any atom is 0.408 e. The SMILES string of the molecule is CCO[Si](OCC)(c1c(CC)cc2cccccc1-2)c1c(CC)cc2cccccc1-2. The summed E-state index contributed by atoms with van der Waals surface area (Å²) < 4.78 is 13.7. The minimum absolute atomic E-state index is 0.621. The second-order valence-corrected chi connectivity index (χ2v) is 10.6. The molecule has 0 aromatic rings. The van der Waals surface area contributed by atoms with Crippen molar-refractivity contribution in [2.24, 2.45) is 0 Å². The van der Waals surface area contributed by atoms with Gasteiger partial charge in [0.1, 0.15) is 0 Å². The largest absolute Gasteiger partial charge is 0.408 e. The third-order valence-electron chi connectivity index (χ3n) is 6.10. The van der Waals surface area contributed by atoms with E-state index >= 15 is 0 Å². The zero-order valence-electron chi connectivity index (χ0n) is 19.1. The van der Waals surface area contributed by atoms with Gasteiger partial charge in [-0.05, 0) is 60.1 Å². The zero-order chi connectivity index (χ0) is 21.8. The molecule has 4 aliphatic rings. The van der Waals surface area contributed by atoms with Crippen molar-refractivity contribution < 1.29 is 8.85 Å². The first-order valence-corrected chi connectivity index (χ1v) is 13.3. The van der Waals surface area contributed by atoms with Crippen molar-refractivity contribution >= 4 is 18.9 Å². The van der Waals surface area contributed by atoms with Gasteiger partial charge in [0.15, 0.2) is 0 Å². The molecule has 0 radical (unpaired) electrons. The van der Waals surface area contributed by atoms with E-state index in [0.717, 1.165) is 12.8 Å². The Morgan fingerprint density at radius 2 is 1.00 bits per heavy atom. The molecule has 0 fully saturated rings. The van der Waals surface area contributed by atoms with Gasteiger partial charge in [0.25, 0.3) is 0 Å². The van der Waals surface area contributed by atoms with Gasteiger partial charge in [-0.25, -0.2) is 0 Å². The van der Waals surface area contributed by atoms with Gasteiger partial charge < -0.3 is 8.85 Å². The first-order chi connectivity index (χ1) is 15.2. The summed E-state index contributed by atoms with van der Waals surface area (Å²) in [7, 11) is -2.98. The smallest absolute Gasteiger partial charge is 0.388 e. The summed E-state index contributed by atoms with van der Waals surface area (Å²) in [5, 5.41) is 2.58. The molecule has 0 heterocycles. The van der Waals surface area contributed by atoms with Gasteiger partial charge in [0.05, 0.1) is 0 Å². The normalized spacial score (nSPS) is 12.0. The van der Waals surface area contributed by atoms with Crippen LogP contribution in [0.15, 0.2) is 72.8 Å². The highest BCUT2D eigenvalue weighted by molar-refractivity contribution is 6.95. The number of aryl methyl sites for hydroxylation is 2. The maximum absolute atomic E-state index is 6.84. The molecule has 0 atom stereocenters. The second-order valence-electron chi connectivity index (χ2n) is 7.84. The Morgan fingerprint density at radius 1 is 0.581 bits per heavy atom. The summed E-state index contributed by atoms with van der Waals surface area (Å²) in [5.74, 6) is 0. The molecule has 4 rings (SSSR count). The van der Waals surface area contributed by atoms with Gasteiger partial charge in [0, 0.05) is 23.6 Å². The Bertz CT molecular complexity index is 1020. The molecule has 0 aromatic heterocycles. The van der Waals surface area contributed by atoms with E-state index in [2.05, 4.69) is 100 Å². The van der Waals surface area contributed by atoms with Crippen molar-refractivity contribution in [2.45, 2.75) is 40.5 Å². The third-order valence-corrected chi connectivity index (χ3v) is 9.99. The monoisotopic (exact) mass is 428 g/mol. The summed E-state index contributed by atoms with van der Waals surface area (Å²) in [4.78, 5) is 0. The van der Waals surface area contributed by atoms with Crippen molar-refractivity contribution in [1.29, 1.82) is 0 Å². The molecule has 4 aliphatic carbocycles.